The van der Waals surface area contributed by atoms with Crippen LogP contribution in [0.2, 0.25) is 5.15 Å². The van der Waals surface area contributed by atoms with Crippen LogP contribution in [0.5, 0.6) is 5.75 Å². The molecule has 0 atom stereocenters. The van der Waals surface area contributed by atoms with Gasteiger partial charge in [0.2, 0.25) is 0 Å². The molecule has 0 unspecified atom stereocenters. The lowest BCUT2D eigenvalue weighted by atomic mass is 10.2. The van der Waals surface area contributed by atoms with Crippen molar-refractivity contribution in [3.63, 3.8) is 0 Å². The van der Waals surface area contributed by atoms with E-state index in [1.807, 2.05) is 0 Å². The zero-order valence-corrected chi connectivity index (χ0v) is 11.4. The average Bonchev–Trinajstić information content (AvgIpc) is 2.26. The lowest BCUT2D eigenvalue weighted by Gasteiger charge is -2.23. The molecule has 1 heterocycles. The van der Waals surface area contributed by atoms with E-state index in [2.05, 4.69) is 35.4 Å². The fraction of sp³-hybridized carbons (Fsp3) is 0.600. The number of rotatable bonds is 5. The fourth-order valence-electron chi connectivity index (χ4n) is 1.03. The van der Waals surface area contributed by atoms with Gasteiger partial charge in [-0.3, -0.25) is 0 Å². The number of hydrogen-bond donors (Lipinski definition) is 1. The average molecular weight is 262 g/mol. The van der Waals surface area contributed by atoms with Gasteiger partial charge in [-0.25, -0.2) is 9.97 Å². The van der Waals surface area contributed by atoms with Crippen LogP contribution in [0.4, 0.5) is 5.82 Å². The standard InChI is InChI=1S/C10H16ClN3OS/c1-10(2,16-4)5-12-9-7(15-3)8(11)13-6-14-9/h6H,5H2,1-4H3,(H,12,13,14). The molecule has 1 aromatic rings. The summed E-state index contributed by atoms with van der Waals surface area (Å²) in [6.07, 6.45) is 3.49. The van der Waals surface area contributed by atoms with E-state index in [0.29, 0.717) is 16.7 Å². The lowest BCUT2D eigenvalue weighted by Crippen LogP contribution is -2.26. The number of nitrogens with one attached hydrogen (secondary N) is 1. The van der Waals surface area contributed by atoms with Crippen molar-refractivity contribution >= 4 is 29.2 Å². The van der Waals surface area contributed by atoms with E-state index in [0.717, 1.165) is 6.54 Å². The molecule has 0 bridgehead atoms. The minimum atomic E-state index is 0.127. The monoisotopic (exact) mass is 261 g/mol. The Hall–Kier alpha value is -0.680. The maximum atomic E-state index is 5.89. The third kappa shape index (κ3) is 3.42. The molecule has 0 aliphatic carbocycles. The molecule has 1 N–H and O–H groups in total. The minimum Gasteiger partial charge on any atom is -0.490 e. The normalized spacial score (nSPS) is 11.3. The predicted molar refractivity (Wildman–Crippen MR) is 69.7 cm³/mol. The Kier molecular flexibility index (Phi) is 4.68. The first-order valence-electron chi connectivity index (χ1n) is 4.83. The first-order valence-corrected chi connectivity index (χ1v) is 6.44. The minimum absolute atomic E-state index is 0.127. The highest BCUT2D eigenvalue weighted by Gasteiger charge is 2.17. The van der Waals surface area contributed by atoms with Crippen molar-refractivity contribution in [2.24, 2.45) is 0 Å². The molecule has 0 aliphatic heterocycles. The van der Waals surface area contributed by atoms with Crippen LogP contribution in [0.25, 0.3) is 0 Å². The number of nitrogens with zero attached hydrogens (tertiary/aromatic N) is 2. The van der Waals surface area contributed by atoms with E-state index >= 15 is 0 Å². The van der Waals surface area contributed by atoms with Crippen molar-refractivity contribution in [2.45, 2.75) is 18.6 Å². The zero-order valence-electron chi connectivity index (χ0n) is 9.87. The number of methoxy groups -OCH3 is 1. The van der Waals surface area contributed by atoms with Crippen LogP contribution in [0.3, 0.4) is 0 Å². The first kappa shape index (κ1) is 13.4. The second-order valence-corrected chi connectivity index (χ2v) is 5.74. The zero-order chi connectivity index (χ0) is 12.2. The van der Waals surface area contributed by atoms with Gasteiger partial charge in [0.15, 0.2) is 16.7 Å². The van der Waals surface area contributed by atoms with Gasteiger partial charge in [0, 0.05) is 11.3 Å². The van der Waals surface area contributed by atoms with E-state index in [9.17, 15) is 0 Å². The van der Waals surface area contributed by atoms with Gasteiger partial charge in [-0.2, -0.15) is 11.8 Å². The van der Waals surface area contributed by atoms with Gasteiger partial charge < -0.3 is 10.1 Å². The number of aromatic nitrogens is 2. The molecule has 0 spiro atoms. The summed E-state index contributed by atoms with van der Waals surface area (Å²) in [7, 11) is 1.55. The van der Waals surface area contributed by atoms with Crippen LogP contribution in [0.1, 0.15) is 13.8 Å². The second kappa shape index (κ2) is 5.59. The Morgan fingerprint density at radius 1 is 1.50 bits per heavy atom. The topological polar surface area (TPSA) is 47.0 Å². The molecule has 0 aromatic carbocycles. The van der Waals surface area contributed by atoms with Crippen LogP contribution >= 0.6 is 23.4 Å². The van der Waals surface area contributed by atoms with Gasteiger partial charge in [0.25, 0.3) is 0 Å². The van der Waals surface area contributed by atoms with Crippen molar-refractivity contribution in [2.75, 3.05) is 25.2 Å². The highest BCUT2D eigenvalue weighted by molar-refractivity contribution is 7.99. The van der Waals surface area contributed by atoms with Crippen LogP contribution in [-0.2, 0) is 0 Å². The Labute approximate surface area is 105 Å². The molecule has 0 fully saturated rings. The molecular weight excluding hydrogens is 246 g/mol. The summed E-state index contributed by atoms with van der Waals surface area (Å²) in [5.74, 6) is 1.12. The number of hydrogen-bond acceptors (Lipinski definition) is 5. The molecule has 0 amide bonds. The summed E-state index contributed by atoms with van der Waals surface area (Å²) in [5, 5.41) is 3.54. The molecule has 4 nitrogen and oxygen atoms in total. The van der Waals surface area contributed by atoms with E-state index in [1.165, 1.54) is 6.33 Å². The summed E-state index contributed by atoms with van der Waals surface area (Å²) in [4.78, 5) is 7.97. The number of anilines is 1. The van der Waals surface area contributed by atoms with Gasteiger partial charge in [-0.05, 0) is 20.1 Å². The maximum absolute atomic E-state index is 5.89. The van der Waals surface area contributed by atoms with Crippen LogP contribution in [0.15, 0.2) is 6.33 Å². The van der Waals surface area contributed by atoms with E-state index < -0.39 is 0 Å². The molecular formula is C10H16ClN3OS. The molecule has 0 aliphatic rings. The molecule has 0 saturated carbocycles. The van der Waals surface area contributed by atoms with Gasteiger partial charge in [0.05, 0.1) is 7.11 Å². The van der Waals surface area contributed by atoms with E-state index in [-0.39, 0.29) is 4.75 Å². The predicted octanol–water partition coefficient (Wildman–Crippen LogP) is 2.69. The Balaban J connectivity index is 2.78. The highest BCUT2D eigenvalue weighted by atomic mass is 35.5. The number of ether oxygens (including phenoxy) is 1. The third-order valence-corrected chi connectivity index (χ3v) is 3.72. The number of halogens is 1. The van der Waals surface area contributed by atoms with Gasteiger partial charge in [0.1, 0.15) is 6.33 Å². The smallest absolute Gasteiger partial charge is 0.198 e. The van der Waals surface area contributed by atoms with Gasteiger partial charge in [-0.15, -0.1) is 0 Å². The third-order valence-electron chi connectivity index (χ3n) is 2.20. The molecule has 6 heteroatoms. The molecule has 1 aromatic heterocycles. The summed E-state index contributed by atoms with van der Waals surface area (Å²) in [6.45, 7) is 5.08. The molecule has 1 rings (SSSR count). The molecule has 0 radical (unpaired) electrons. The van der Waals surface area contributed by atoms with Crippen molar-refractivity contribution in [3.05, 3.63) is 11.5 Å². The van der Waals surface area contributed by atoms with Crippen molar-refractivity contribution < 1.29 is 4.74 Å². The maximum Gasteiger partial charge on any atom is 0.198 e. The van der Waals surface area contributed by atoms with Crippen LogP contribution in [-0.4, -0.2) is 34.6 Å². The quantitative estimate of drug-likeness (QED) is 0.826. The van der Waals surface area contributed by atoms with E-state index in [1.54, 1.807) is 18.9 Å². The Morgan fingerprint density at radius 2 is 2.19 bits per heavy atom. The van der Waals surface area contributed by atoms with Crippen molar-refractivity contribution in [1.29, 1.82) is 0 Å². The fourth-order valence-corrected chi connectivity index (χ4v) is 1.45. The Bertz CT molecular complexity index is 360. The molecule has 0 saturated heterocycles. The van der Waals surface area contributed by atoms with Gasteiger partial charge in [-0.1, -0.05) is 11.6 Å². The Morgan fingerprint density at radius 3 is 2.75 bits per heavy atom. The SMILES string of the molecule is COc1c(Cl)ncnc1NCC(C)(C)SC. The van der Waals surface area contributed by atoms with Crippen molar-refractivity contribution in [3.8, 4) is 5.75 Å². The highest BCUT2D eigenvalue weighted by Crippen LogP contribution is 2.29. The van der Waals surface area contributed by atoms with Crippen molar-refractivity contribution in [1.82, 2.24) is 9.97 Å². The second-order valence-electron chi connectivity index (χ2n) is 3.86. The van der Waals surface area contributed by atoms with Crippen LogP contribution < -0.4 is 10.1 Å². The van der Waals surface area contributed by atoms with Crippen LogP contribution in [0, 0.1) is 0 Å². The lowest BCUT2D eigenvalue weighted by molar-refractivity contribution is 0.413. The summed E-state index contributed by atoms with van der Waals surface area (Å²) in [6, 6.07) is 0. The number of thioether (sulfide) groups is 1. The molecule has 16 heavy (non-hydrogen) atoms. The summed E-state index contributed by atoms with van der Waals surface area (Å²) in [5.41, 5.74) is 0. The largest absolute Gasteiger partial charge is 0.490 e. The summed E-state index contributed by atoms with van der Waals surface area (Å²) >= 11 is 7.68. The molecule has 90 valence electrons. The van der Waals surface area contributed by atoms with E-state index in [4.69, 9.17) is 16.3 Å². The summed E-state index contributed by atoms with van der Waals surface area (Å²) < 4.78 is 5.28. The van der Waals surface area contributed by atoms with Gasteiger partial charge >= 0.3 is 0 Å². The first-order chi connectivity index (χ1) is 7.50.